The number of aryl methyl sites for hydroxylation is 1. The van der Waals surface area contributed by atoms with Crippen molar-refractivity contribution in [2.45, 2.75) is 19.4 Å². The number of carbonyl (C=O) groups excluding carboxylic acids is 1. The minimum absolute atomic E-state index is 0.0686. The molecule has 1 amide bonds. The number of nitrogens with one attached hydrogen (secondary N) is 2. The molecule has 0 aliphatic carbocycles. The van der Waals surface area contributed by atoms with Crippen LogP contribution in [0.2, 0.25) is 0 Å². The van der Waals surface area contributed by atoms with Gasteiger partial charge in [0, 0.05) is 18.7 Å². The first kappa shape index (κ1) is 15.2. The van der Waals surface area contributed by atoms with Gasteiger partial charge in [0.2, 0.25) is 5.91 Å². The first-order chi connectivity index (χ1) is 10.2. The third-order valence-corrected chi connectivity index (χ3v) is 3.12. The van der Waals surface area contributed by atoms with E-state index < -0.39 is 0 Å². The normalized spacial score (nSPS) is 10.4. The number of rotatable bonds is 6. The SMILES string of the molecule is CNCc1cccc(NC(=O)CCc2cccc(F)c2)c1. The number of halogens is 1. The Morgan fingerprint density at radius 2 is 1.86 bits per heavy atom. The van der Waals surface area contributed by atoms with Gasteiger partial charge in [-0.1, -0.05) is 24.3 Å². The Hall–Kier alpha value is -2.20. The predicted octanol–water partition coefficient (Wildman–Crippen LogP) is 3.12. The lowest BCUT2D eigenvalue weighted by Crippen LogP contribution is -2.13. The number of hydrogen-bond acceptors (Lipinski definition) is 2. The Balaban J connectivity index is 1.88. The van der Waals surface area contributed by atoms with Crippen molar-refractivity contribution >= 4 is 11.6 Å². The van der Waals surface area contributed by atoms with Gasteiger partial charge in [0.15, 0.2) is 0 Å². The highest BCUT2D eigenvalue weighted by Crippen LogP contribution is 2.12. The molecule has 0 aromatic heterocycles. The van der Waals surface area contributed by atoms with Crippen LogP contribution in [0.4, 0.5) is 10.1 Å². The molecule has 0 aliphatic heterocycles. The van der Waals surface area contributed by atoms with E-state index in [2.05, 4.69) is 10.6 Å². The molecule has 0 spiro atoms. The van der Waals surface area contributed by atoms with E-state index in [0.29, 0.717) is 12.8 Å². The minimum atomic E-state index is -0.271. The molecule has 4 heteroatoms. The summed E-state index contributed by atoms with van der Waals surface area (Å²) < 4.78 is 13.0. The van der Waals surface area contributed by atoms with Gasteiger partial charge >= 0.3 is 0 Å². The number of carbonyl (C=O) groups is 1. The first-order valence-corrected chi connectivity index (χ1v) is 6.95. The fourth-order valence-electron chi connectivity index (χ4n) is 2.14. The van der Waals surface area contributed by atoms with Crippen LogP contribution in [0, 0.1) is 5.82 Å². The van der Waals surface area contributed by atoms with Gasteiger partial charge in [0.1, 0.15) is 5.82 Å². The molecule has 0 bridgehead atoms. The van der Waals surface area contributed by atoms with Gasteiger partial charge < -0.3 is 10.6 Å². The van der Waals surface area contributed by atoms with Crippen molar-refractivity contribution in [1.29, 1.82) is 0 Å². The largest absolute Gasteiger partial charge is 0.326 e. The second kappa shape index (κ2) is 7.55. The van der Waals surface area contributed by atoms with Crippen molar-refractivity contribution in [2.24, 2.45) is 0 Å². The number of benzene rings is 2. The lowest BCUT2D eigenvalue weighted by molar-refractivity contribution is -0.116. The highest BCUT2D eigenvalue weighted by Gasteiger charge is 2.04. The monoisotopic (exact) mass is 286 g/mol. The highest BCUT2D eigenvalue weighted by atomic mass is 19.1. The summed E-state index contributed by atoms with van der Waals surface area (Å²) in [7, 11) is 1.88. The molecule has 0 atom stereocenters. The van der Waals surface area contributed by atoms with Crippen LogP contribution in [0.1, 0.15) is 17.5 Å². The second-order valence-corrected chi connectivity index (χ2v) is 4.91. The zero-order valence-corrected chi connectivity index (χ0v) is 12.0. The van der Waals surface area contributed by atoms with Gasteiger partial charge in [-0.25, -0.2) is 4.39 Å². The Kier molecular flexibility index (Phi) is 5.46. The van der Waals surface area contributed by atoms with Gasteiger partial charge in [0.05, 0.1) is 0 Å². The average Bonchev–Trinajstić information content (AvgIpc) is 2.46. The summed E-state index contributed by atoms with van der Waals surface area (Å²) in [5, 5.41) is 5.93. The molecule has 21 heavy (non-hydrogen) atoms. The molecule has 2 rings (SSSR count). The maximum absolute atomic E-state index is 13.0. The number of hydrogen-bond donors (Lipinski definition) is 2. The Morgan fingerprint density at radius 3 is 2.62 bits per heavy atom. The molecule has 0 radical (unpaired) electrons. The predicted molar refractivity (Wildman–Crippen MR) is 82.6 cm³/mol. The summed E-state index contributed by atoms with van der Waals surface area (Å²) in [6.07, 6.45) is 0.861. The molecule has 0 heterocycles. The summed E-state index contributed by atoms with van der Waals surface area (Å²) >= 11 is 0. The second-order valence-electron chi connectivity index (χ2n) is 4.91. The maximum Gasteiger partial charge on any atom is 0.224 e. The molecule has 0 aliphatic rings. The van der Waals surface area contributed by atoms with Gasteiger partial charge in [-0.05, 0) is 48.9 Å². The van der Waals surface area contributed by atoms with Crippen LogP contribution in [0.25, 0.3) is 0 Å². The Bertz CT molecular complexity index is 613. The summed E-state index contributed by atoms with van der Waals surface area (Å²) in [5.41, 5.74) is 2.72. The van der Waals surface area contributed by atoms with Crippen molar-refractivity contribution in [3.05, 3.63) is 65.5 Å². The highest BCUT2D eigenvalue weighted by molar-refractivity contribution is 5.90. The Morgan fingerprint density at radius 1 is 1.10 bits per heavy atom. The van der Waals surface area contributed by atoms with E-state index in [-0.39, 0.29) is 11.7 Å². The standard InChI is InChI=1S/C17H19FN2O/c1-19-12-14-5-3-7-16(11-14)20-17(21)9-8-13-4-2-6-15(18)10-13/h2-7,10-11,19H,8-9,12H2,1H3,(H,20,21). The lowest BCUT2D eigenvalue weighted by atomic mass is 10.1. The van der Waals surface area contributed by atoms with Gasteiger partial charge in [-0.2, -0.15) is 0 Å². The van der Waals surface area contributed by atoms with E-state index in [0.717, 1.165) is 23.4 Å². The fraction of sp³-hybridized carbons (Fsp3) is 0.235. The van der Waals surface area contributed by atoms with E-state index in [1.165, 1.54) is 12.1 Å². The van der Waals surface area contributed by atoms with Crippen molar-refractivity contribution in [3.8, 4) is 0 Å². The van der Waals surface area contributed by atoms with Crippen LogP contribution in [0.3, 0.4) is 0 Å². The van der Waals surface area contributed by atoms with Gasteiger partial charge in [0.25, 0.3) is 0 Å². The lowest BCUT2D eigenvalue weighted by Gasteiger charge is -2.07. The summed E-state index contributed by atoms with van der Waals surface area (Å²) in [6, 6.07) is 14.1. The van der Waals surface area contributed by atoms with Crippen LogP contribution in [0.15, 0.2) is 48.5 Å². The molecular formula is C17H19FN2O. The van der Waals surface area contributed by atoms with E-state index in [9.17, 15) is 9.18 Å². The van der Waals surface area contributed by atoms with Crippen molar-refractivity contribution in [3.63, 3.8) is 0 Å². The molecule has 3 nitrogen and oxygen atoms in total. The third kappa shape index (κ3) is 5.00. The van der Waals surface area contributed by atoms with Crippen molar-refractivity contribution < 1.29 is 9.18 Å². The molecule has 0 saturated heterocycles. The van der Waals surface area contributed by atoms with Gasteiger partial charge in [-0.15, -0.1) is 0 Å². The van der Waals surface area contributed by atoms with Crippen LogP contribution in [-0.2, 0) is 17.8 Å². The fourth-order valence-corrected chi connectivity index (χ4v) is 2.14. The molecule has 0 saturated carbocycles. The van der Waals surface area contributed by atoms with Crippen LogP contribution >= 0.6 is 0 Å². The molecule has 2 aromatic rings. The molecule has 2 N–H and O–H groups in total. The molecule has 110 valence electrons. The minimum Gasteiger partial charge on any atom is -0.326 e. The van der Waals surface area contributed by atoms with E-state index in [4.69, 9.17) is 0 Å². The van der Waals surface area contributed by atoms with E-state index >= 15 is 0 Å². The third-order valence-electron chi connectivity index (χ3n) is 3.12. The molecule has 0 fully saturated rings. The molecule has 0 unspecified atom stereocenters. The zero-order chi connectivity index (χ0) is 15.1. The number of anilines is 1. The van der Waals surface area contributed by atoms with E-state index in [1.54, 1.807) is 6.07 Å². The zero-order valence-electron chi connectivity index (χ0n) is 12.0. The van der Waals surface area contributed by atoms with E-state index in [1.807, 2.05) is 37.4 Å². The Labute approximate surface area is 124 Å². The smallest absolute Gasteiger partial charge is 0.224 e. The van der Waals surface area contributed by atoms with Crippen molar-refractivity contribution in [1.82, 2.24) is 5.32 Å². The van der Waals surface area contributed by atoms with Crippen LogP contribution in [0.5, 0.6) is 0 Å². The quantitative estimate of drug-likeness (QED) is 0.856. The summed E-state index contributed by atoms with van der Waals surface area (Å²) in [4.78, 5) is 11.9. The average molecular weight is 286 g/mol. The first-order valence-electron chi connectivity index (χ1n) is 6.95. The topological polar surface area (TPSA) is 41.1 Å². The maximum atomic E-state index is 13.0. The van der Waals surface area contributed by atoms with Crippen LogP contribution < -0.4 is 10.6 Å². The summed E-state index contributed by atoms with van der Waals surface area (Å²) in [5.74, 6) is -0.339. The summed E-state index contributed by atoms with van der Waals surface area (Å²) in [6.45, 7) is 0.757. The molecular weight excluding hydrogens is 267 g/mol. The van der Waals surface area contributed by atoms with Crippen molar-refractivity contribution in [2.75, 3.05) is 12.4 Å². The number of amides is 1. The van der Waals surface area contributed by atoms with Crippen LogP contribution in [-0.4, -0.2) is 13.0 Å². The van der Waals surface area contributed by atoms with Gasteiger partial charge in [-0.3, -0.25) is 4.79 Å². The molecule has 2 aromatic carbocycles.